The Balaban J connectivity index is 2.22. The monoisotopic (exact) mass is 291 g/mol. The predicted molar refractivity (Wildman–Crippen MR) is 75.4 cm³/mol. The summed E-state index contributed by atoms with van der Waals surface area (Å²) in [5.41, 5.74) is 1.94. The first-order valence-corrected chi connectivity index (χ1v) is 6.65. The van der Waals surface area contributed by atoms with Crippen LogP contribution in [0.1, 0.15) is 23.0 Å². The summed E-state index contributed by atoms with van der Waals surface area (Å²) in [6, 6.07) is 5.43. The van der Waals surface area contributed by atoms with Crippen LogP contribution in [-0.2, 0) is 20.0 Å². The Labute approximate surface area is 121 Å². The largest absolute Gasteiger partial charge is 0.496 e. The van der Waals surface area contributed by atoms with Gasteiger partial charge in [-0.3, -0.25) is 0 Å². The highest BCUT2D eigenvalue weighted by molar-refractivity contribution is 5.98. The lowest BCUT2D eigenvalue weighted by molar-refractivity contribution is -0.148. The molecule has 0 unspecified atom stereocenters. The smallest absolute Gasteiger partial charge is 0.354 e. The van der Waals surface area contributed by atoms with E-state index in [0.29, 0.717) is 24.7 Å². The van der Waals surface area contributed by atoms with Crippen LogP contribution in [0.4, 0.5) is 0 Å². The second-order valence-corrected chi connectivity index (χ2v) is 4.92. The highest BCUT2D eigenvalue weighted by Gasteiger charge is 2.35. The van der Waals surface area contributed by atoms with E-state index in [2.05, 4.69) is 4.98 Å². The van der Waals surface area contributed by atoms with Gasteiger partial charge in [-0.25, -0.2) is 4.79 Å². The van der Waals surface area contributed by atoms with Gasteiger partial charge in [0.05, 0.1) is 33.0 Å². The van der Waals surface area contributed by atoms with Crippen LogP contribution in [0.5, 0.6) is 5.75 Å². The number of fused-ring (bicyclic) bond motifs is 1. The summed E-state index contributed by atoms with van der Waals surface area (Å²) in [5.74, 6) is -0.595. The van der Waals surface area contributed by atoms with Crippen molar-refractivity contribution < 1.29 is 23.7 Å². The molecule has 0 spiro atoms. The molecule has 0 amide bonds. The highest BCUT2D eigenvalue weighted by atomic mass is 16.7. The number of hydrogen-bond donors (Lipinski definition) is 1. The summed E-state index contributed by atoms with van der Waals surface area (Å²) in [5, 5.41) is 0.788. The molecule has 3 rings (SSSR count). The number of H-pyrrole nitrogens is 1. The molecule has 1 aromatic carbocycles. The maximum absolute atomic E-state index is 11.7. The maximum atomic E-state index is 11.7. The number of esters is 1. The zero-order chi connectivity index (χ0) is 15.0. The summed E-state index contributed by atoms with van der Waals surface area (Å²) in [7, 11) is 2.93. The Hall–Kier alpha value is -2.05. The minimum Gasteiger partial charge on any atom is -0.496 e. The summed E-state index contributed by atoms with van der Waals surface area (Å²) >= 11 is 0. The van der Waals surface area contributed by atoms with Crippen molar-refractivity contribution in [3.8, 4) is 5.75 Å². The average Bonchev–Trinajstić information content (AvgIpc) is 3.12. The van der Waals surface area contributed by atoms with Crippen LogP contribution in [0.2, 0.25) is 0 Å². The number of nitrogens with one attached hydrogen (secondary N) is 1. The molecule has 112 valence electrons. The van der Waals surface area contributed by atoms with Gasteiger partial charge in [0.25, 0.3) is 0 Å². The molecular formula is C15H17NO5. The van der Waals surface area contributed by atoms with Crippen LogP contribution >= 0.6 is 0 Å². The normalized spacial score (nSPS) is 17.1. The molecule has 1 N–H and O–H groups in total. The maximum Gasteiger partial charge on any atom is 0.354 e. The van der Waals surface area contributed by atoms with E-state index in [4.69, 9.17) is 18.9 Å². The molecule has 1 aliphatic heterocycles. The fourth-order valence-electron chi connectivity index (χ4n) is 2.64. The van der Waals surface area contributed by atoms with Crippen molar-refractivity contribution in [2.75, 3.05) is 27.4 Å². The highest BCUT2D eigenvalue weighted by Crippen LogP contribution is 2.38. The van der Waals surface area contributed by atoms with Gasteiger partial charge < -0.3 is 23.9 Å². The van der Waals surface area contributed by atoms with E-state index in [0.717, 1.165) is 16.5 Å². The Morgan fingerprint density at radius 2 is 2.00 bits per heavy atom. The molecule has 21 heavy (non-hydrogen) atoms. The van der Waals surface area contributed by atoms with Crippen molar-refractivity contribution in [2.24, 2.45) is 0 Å². The summed E-state index contributed by atoms with van der Waals surface area (Å²) in [6.45, 7) is 2.93. The number of methoxy groups -OCH3 is 2. The van der Waals surface area contributed by atoms with Crippen LogP contribution in [0.25, 0.3) is 10.9 Å². The van der Waals surface area contributed by atoms with Crippen molar-refractivity contribution in [3.05, 3.63) is 29.5 Å². The number of carbonyl (C=O) groups is 1. The summed E-state index contributed by atoms with van der Waals surface area (Å²) in [4.78, 5) is 14.8. The van der Waals surface area contributed by atoms with E-state index < -0.39 is 11.8 Å². The van der Waals surface area contributed by atoms with E-state index in [1.165, 1.54) is 7.11 Å². The van der Waals surface area contributed by atoms with Gasteiger partial charge in [-0.2, -0.15) is 0 Å². The lowest BCUT2D eigenvalue weighted by Gasteiger charge is -2.23. The SMILES string of the molecule is COC(=O)c1cc2c(OC)ccc(C3(C)OCCO3)c2[nH]1. The zero-order valence-corrected chi connectivity index (χ0v) is 12.2. The number of carbonyl (C=O) groups excluding carboxylic acids is 1. The summed E-state index contributed by atoms with van der Waals surface area (Å²) in [6.07, 6.45) is 0. The number of rotatable bonds is 3. The third-order valence-electron chi connectivity index (χ3n) is 3.71. The fourth-order valence-corrected chi connectivity index (χ4v) is 2.64. The molecule has 2 aromatic rings. The Morgan fingerprint density at radius 1 is 1.29 bits per heavy atom. The molecule has 0 radical (unpaired) electrons. The molecule has 1 aromatic heterocycles. The molecule has 0 saturated carbocycles. The van der Waals surface area contributed by atoms with Gasteiger partial charge in [-0.15, -0.1) is 0 Å². The van der Waals surface area contributed by atoms with Crippen LogP contribution in [0.3, 0.4) is 0 Å². The van der Waals surface area contributed by atoms with Gasteiger partial charge in [-0.05, 0) is 25.1 Å². The molecule has 6 heteroatoms. The molecule has 1 saturated heterocycles. The average molecular weight is 291 g/mol. The zero-order valence-electron chi connectivity index (χ0n) is 12.2. The number of benzene rings is 1. The molecular weight excluding hydrogens is 274 g/mol. The minimum absolute atomic E-state index is 0.361. The second kappa shape index (κ2) is 5.05. The van der Waals surface area contributed by atoms with Crippen molar-refractivity contribution in [1.29, 1.82) is 0 Å². The molecule has 1 aliphatic rings. The van der Waals surface area contributed by atoms with Crippen molar-refractivity contribution in [3.63, 3.8) is 0 Å². The minimum atomic E-state index is -0.831. The van der Waals surface area contributed by atoms with Gasteiger partial charge in [0.2, 0.25) is 0 Å². The number of hydrogen-bond acceptors (Lipinski definition) is 5. The number of aromatic amines is 1. The first-order valence-electron chi connectivity index (χ1n) is 6.65. The molecule has 2 heterocycles. The van der Waals surface area contributed by atoms with Gasteiger partial charge >= 0.3 is 5.97 Å². The second-order valence-electron chi connectivity index (χ2n) is 4.92. The first kappa shape index (κ1) is 13.9. The molecule has 6 nitrogen and oxygen atoms in total. The van der Waals surface area contributed by atoms with Gasteiger partial charge in [0.15, 0.2) is 5.79 Å². The van der Waals surface area contributed by atoms with E-state index in [1.54, 1.807) is 13.2 Å². The Bertz CT molecular complexity index is 685. The Kier molecular flexibility index (Phi) is 3.35. The summed E-state index contributed by atoms with van der Waals surface area (Å²) < 4.78 is 21.5. The van der Waals surface area contributed by atoms with Crippen LogP contribution in [-0.4, -0.2) is 38.4 Å². The predicted octanol–water partition coefficient (Wildman–Crippen LogP) is 2.18. The van der Waals surface area contributed by atoms with Crippen molar-refractivity contribution >= 4 is 16.9 Å². The number of ether oxygens (including phenoxy) is 4. The van der Waals surface area contributed by atoms with E-state index in [9.17, 15) is 4.79 Å². The van der Waals surface area contributed by atoms with Crippen LogP contribution in [0, 0.1) is 0 Å². The number of aromatic nitrogens is 1. The first-order chi connectivity index (χ1) is 10.1. The van der Waals surface area contributed by atoms with Gasteiger partial charge in [0.1, 0.15) is 11.4 Å². The van der Waals surface area contributed by atoms with Crippen molar-refractivity contribution in [2.45, 2.75) is 12.7 Å². The van der Waals surface area contributed by atoms with Gasteiger partial charge in [0, 0.05) is 10.9 Å². The van der Waals surface area contributed by atoms with Gasteiger partial charge in [-0.1, -0.05) is 0 Å². The van der Waals surface area contributed by atoms with E-state index in [1.807, 2.05) is 19.1 Å². The quantitative estimate of drug-likeness (QED) is 0.878. The lowest BCUT2D eigenvalue weighted by Crippen LogP contribution is -2.22. The van der Waals surface area contributed by atoms with Crippen LogP contribution < -0.4 is 4.74 Å². The molecule has 0 atom stereocenters. The third kappa shape index (κ3) is 2.16. The lowest BCUT2D eigenvalue weighted by atomic mass is 10.0. The van der Waals surface area contributed by atoms with E-state index in [-0.39, 0.29) is 0 Å². The topological polar surface area (TPSA) is 69.8 Å². The van der Waals surface area contributed by atoms with E-state index >= 15 is 0 Å². The molecule has 0 aliphatic carbocycles. The molecule has 0 bridgehead atoms. The van der Waals surface area contributed by atoms with Crippen molar-refractivity contribution in [1.82, 2.24) is 4.98 Å². The third-order valence-corrected chi connectivity index (χ3v) is 3.71. The molecule has 1 fully saturated rings. The standard InChI is InChI=1S/C15H17NO5/c1-15(20-6-7-21-15)10-4-5-12(18-2)9-8-11(14(17)19-3)16-13(9)10/h4-5,8,16H,6-7H2,1-3H3. The Morgan fingerprint density at radius 3 is 2.62 bits per heavy atom. The van der Waals surface area contributed by atoms with Crippen LogP contribution in [0.15, 0.2) is 18.2 Å². The fraction of sp³-hybridized carbons (Fsp3) is 0.400.